The lowest BCUT2D eigenvalue weighted by molar-refractivity contribution is -0.144. The topological polar surface area (TPSA) is 187 Å². The van der Waals surface area contributed by atoms with Crippen molar-refractivity contribution in [2.75, 3.05) is 12.0 Å². The van der Waals surface area contributed by atoms with Crippen LogP contribution in [0.2, 0.25) is 0 Å². The molecule has 38 heavy (non-hydrogen) atoms. The van der Waals surface area contributed by atoms with E-state index in [4.69, 9.17) is 5.73 Å². The van der Waals surface area contributed by atoms with Gasteiger partial charge < -0.3 is 36.9 Å². The van der Waals surface area contributed by atoms with Crippen molar-refractivity contribution in [3.05, 3.63) is 36.0 Å². The molecule has 0 saturated carbocycles. The minimum atomic E-state index is -1.37. The van der Waals surface area contributed by atoms with Crippen molar-refractivity contribution in [2.24, 2.45) is 11.7 Å². The number of benzene rings is 1. The summed E-state index contributed by atoms with van der Waals surface area (Å²) in [6, 6.07) is 2.86. The lowest BCUT2D eigenvalue weighted by atomic mass is 9.97. The Bertz CT molecular complexity index is 1110. The molecule has 1 aromatic heterocycles. The standard InChI is InChI=1S/C26H39N5O6S/c1-5-14(2)21(26(36)37)30-24(34)20(12-16-13-28-19-9-7-6-8-17(16)19)29-25(35)22(15(3)32)31-23(33)18(27)10-11-38-4/h6-9,13-15,18,20-22,28,32H,5,10-12,27H2,1-4H3,(H,29,35)(H,30,34)(H,31,33)(H,36,37). The molecule has 12 heteroatoms. The number of carboxylic acid groups (broad SMARTS) is 1. The van der Waals surface area contributed by atoms with E-state index in [9.17, 15) is 29.4 Å². The summed E-state index contributed by atoms with van der Waals surface area (Å²) in [5.74, 6) is -2.97. The fourth-order valence-corrected chi connectivity index (χ4v) is 4.46. The second-order valence-corrected chi connectivity index (χ2v) is 10.4. The van der Waals surface area contributed by atoms with E-state index in [-0.39, 0.29) is 12.3 Å². The van der Waals surface area contributed by atoms with E-state index >= 15 is 0 Å². The Morgan fingerprint density at radius 1 is 1.03 bits per heavy atom. The number of nitrogens with two attached hydrogens (primary N) is 1. The Morgan fingerprint density at radius 3 is 2.29 bits per heavy atom. The van der Waals surface area contributed by atoms with Gasteiger partial charge in [-0.3, -0.25) is 14.4 Å². The maximum Gasteiger partial charge on any atom is 0.326 e. The smallest absolute Gasteiger partial charge is 0.326 e. The van der Waals surface area contributed by atoms with Gasteiger partial charge in [-0.1, -0.05) is 38.5 Å². The lowest BCUT2D eigenvalue weighted by Gasteiger charge is -2.27. The van der Waals surface area contributed by atoms with E-state index in [1.807, 2.05) is 37.4 Å². The van der Waals surface area contributed by atoms with Crippen molar-refractivity contribution in [1.82, 2.24) is 20.9 Å². The summed E-state index contributed by atoms with van der Waals surface area (Å²) < 4.78 is 0. The number of carbonyl (C=O) groups is 4. The first-order valence-corrected chi connectivity index (χ1v) is 14.0. The van der Waals surface area contributed by atoms with Gasteiger partial charge in [0.25, 0.3) is 0 Å². The predicted octanol–water partition coefficient (Wildman–Crippen LogP) is 0.757. The minimum absolute atomic E-state index is 0.0438. The monoisotopic (exact) mass is 549 g/mol. The summed E-state index contributed by atoms with van der Waals surface area (Å²) in [7, 11) is 0. The number of amides is 3. The number of thioether (sulfide) groups is 1. The second-order valence-electron chi connectivity index (χ2n) is 9.45. The number of aliphatic carboxylic acids is 1. The number of aromatic nitrogens is 1. The number of hydrogen-bond acceptors (Lipinski definition) is 7. The third-order valence-electron chi connectivity index (χ3n) is 6.54. The number of aromatic amines is 1. The normalized spacial score (nSPS) is 16.1. The number of rotatable bonds is 15. The largest absolute Gasteiger partial charge is 0.480 e. The molecule has 0 fully saturated rings. The maximum absolute atomic E-state index is 13.3. The zero-order valence-electron chi connectivity index (χ0n) is 22.2. The number of H-pyrrole nitrogens is 1. The fraction of sp³-hybridized carbons (Fsp3) is 0.538. The van der Waals surface area contributed by atoms with Crippen molar-refractivity contribution in [3.8, 4) is 0 Å². The number of fused-ring (bicyclic) bond motifs is 1. The molecule has 0 radical (unpaired) electrons. The van der Waals surface area contributed by atoms with E-state index in [1.54, 1.807) is 13.1 Å². The minimum Gasteiger partial charge on any atom is -0.480 e. The molecule has 0 aliphatic rings. The van der Waals surface area contributed by atoms with Gasteiger partial charge in [-0.15, -0.1) is 0 Å². The third-order valence-corrected chi connectivity index (χ3v) is 7.19. The fourth-order valence-electron chi connectivity index (χ4n) is 3.97. The predicted molar refractivity (Wildman–Crippen MR) is 148 cm³/mol. The summed E-state index contributed by atoms with van der Waals surface area (Å²) in [6.45, 7) is 4.87. The number of nitrogens with one attached hydrogen (secondary N) is 4. The number of aliphatic hydroxyl groups is 1. The molecule has 0 saturated heterocycles. The highest BCUT2D eigenvalue weighted by Crippen LogP contribution is 2.20. The summed E-state index contributed by atoms with van der Waals surface area (Å²) >= 11 is 1.53. The van der Waals surface area contributed by atoms with Crippen LogP contribution in [-0.2, 0) is 25.6 Å². The quantitative estimate of drug-likeness (QED) is 0.170. The van der Waals surface area contributed by atoms with Crippen molar-refractivity contribution in [3.63, 3.8) is 0 Å². The van der Waals surface area contributed by atoms with E-state index in [0.29, 0.717) is 18.6 Å². The molecule has 3 amide bonds. The molecule has 6 unspecified atom stereocenters. The zero-order valence-corrected chi connectivity index (χ0v) is 23.0. The number of carbonyl (C=O) groups excluding carboxylic acids is 3. The van der Waals surface area contributed by atoms with Crippen molar-refractivity contribution in [1.29, 1.82) is 0 Å². The summed E-state index contributed by atoms with van der Waals surface area (Å²) in [5.41, 5.74) is 7.47. The highest BCUT2D eigenvalue weighted by Gasteiger charge is 2.34. The van der Waals surface area contributed by atoms with Gasteiger partial charge in [0.05, 0.1) is 12.1 Å². The molecule has 0 aliphatic heterocycles. The van der Waals surface area contributed by atoms with Gasteiger partial charge in [-0.05, 0) is 42.9 Å². The average molecular weight is 550 g/mol. The van der Waals surface area contributed by atoms with Gasteiger partial charge in [-0.2, -0.15) is 11.8 Å². The van der Waals surface area contributed by atoms with E-state index in [2.05, 4.69) is 20.9 Å². The number of hydrogen-bond donors (Lipinski definition) is 7. The van der Waals surface area contributed by atoms with Crippen LogP contribution < -0.4 is 21.7 Å². The summed E-state index contributed by atoms with van der Waals surface area (Å²) in [4.78, 5) is 54.1. The first kappa shape index (κ1) is 31.1. The molecule has 1 aromatic carbocycles. The Morgan fingerprint density at radius 2 is 1.68 bits per heavy atom. The van der Waals surface area contributed by atoms with Gasteiger partial charge >= 0.3 is 5.97 Å². The SMILES string of the molecule is CCC(C)C(NC(=O)C(Cc1c[nH]c2ccccc12)NC(=O)C(NC(=O)C(N)CCSC)C(C)O)C(=O)O. The second kappa shape index (κ2) is 14.7. The molecule has 11 nitrogen and oxygen atoms in total. The van der Waals surface area contributed by atoms with Crippen LogP contribution in [0.3, 0.4) is 0 Å². The van der Waals surface area contributed by atoms with E-state index < -0.39 is 54.0 Å². The first-order valence-electron chi connectivity index (χ1n) is 12.6. The molecule has 8 N–H and O–H groups in total. The summed E-state index contributed by atoms with van der Waals surface area (Å²) in [6.07, 6.45) is 3.27. The van der Waals surface area contributed by atoms with Crippen LogP contribution in [0.4, 0.5) is 0 Å². The first-order chi connectivity index (χ1) is 18.0. The third kappa shape index (κ3) is 8.47. The van der Waals surface area contributed by atoms with Crippen molar-refractivity contribution in [2.45, 2.75) is 70.3 Å². The zero-order chi connectivity index (χ0) is 28.4. The number of para-hydroxylation sites is 1. The molecule has 0 aliphatic carbocycles. The Hall–Kier alpha value is -3.09. The van der Waals surface area contributed by atoms with Gasteiger partial charge in [0.1, 0.15) is 18.1 Å². The van der Waals surface area contributed by atoms with Crippen LogP contribution in [0.15, 0.2) is 30.5 Å². The molecule has 0 bridgehead atoms. The Balaban J connectivity index is 2.30. The average Bonchev–Trinajstić information content (AvgIpc) is 3.29. The van der Waals surface area contributed by atoms with Crippen LogP contribution in [0.1, 0.15) is 39.2 Å². The van der Waals surface area contributed by atoms with E-state index in [0.717, 1.165) is 16.5 Å². The van der Waals surface area contributed by atoms with Gasteiger partial charge in [-0.25, -0.2) is 4.79 Å². The highest BCUT2D eigenvalue weighted by molar-refractivity contribution is 7.98. The van der Waals surface area contributed by atoms with E-state index in [1.165, 1.54) is 18.7 Å². The molecule has 6 atom stereocenters. The lowest BCUT2D eigenvalue weighted by Crippen LogP contribution is -2.60. The van der Waals surface area contributed by atoms with Crippen LogP contribution >= 0.6 is 11.8 Å². The molecular formula is C26H39N5O6S. The van der Waals surface area contributed by atoms with Gasteiger partial charge in [0.2, 0.25) is 17.7 Å². The molecule has 2 aromatic rings. The van der Waals surface area contributed by atoms with Crippen LogP contribution in [0.25, 0.3) is 10.9 Å². The van der Waals surface area contributed by atoms with Gasteiger partial charge in [0.15, 0.2) is 0 Å². The molecule has 2 rings (SSSR count). The van der Waals surface area contributed by atoms with Crippen LogP contribution in [0, 0.1) is 5.92 Å². The van der Waals surface area contributed by atoms with Gasteiger partial charge in [0, 0.05) is 23.5 Å². The number of carboxylic acids is 1. The molecule has 1 heterocycles. The highest BCUT2D eigenvalue weighted by atomic mass is 32.2. The Kier molecular flexibility index (Phi) is 12.1. The van der Waals surface area contributed by atoms with Crippen LogP contribution in [0.5, 0.6) is 0 Å². The Labute approximate surface area is 226 Å². The number of aliphatic hydroxyl groups excluding tert-OH is 1. The van der Waals surface area contributed by atoms with Crippen molar-refractivity contribution < 1.29 is 29.4 Å². The molecular weight excluding hydrogens is 510 g/mol. The molecule has 210 valence electrons. The van der Waals surface area contributed by atoms with Crippen molar-refractivity contribution >= 4 is 46.4 Å². The summed E-state index contributed by atoms with van der Waals surface area (Å²) in [5, 5.41) is 28.4. The molecule has 0 spiro atoms. The van der Waals surface area contributed by atoms with Crippen LogP contribution in [-0.4, -0.2) is 81.2 Å². The maximum atomic E-state index is 13.3.